The summed E-state index contributed by atoms with van der Waals surface area (Å²) in [7, 11) is 0. The molecule has 0 bridgehead atoms. The van der Waals surface area contributed by atoms with Gasteiger partial charge in [-0.15, -0.1) is 0 Å². The maximum Gasteiger partial charge on any atom is 0.0378 e. The van der Waals surface area contributed by atoms with Crippen molar-refractivity contribution in [2.45, 2.75) is 20.8 Å². The number of hydrogen-bond acceptors (Lipinski definition) is 3. The average molecular weight is 221 g/mol. The van der Waals surface area contributed by atoms with Crippen LogP contribution in [0, 0.1) is 0 Å². The molecule has 90 valence electrons. The molecule has 0 unspecified atom stereocenters. The lowest BCUT2D eigenvalue weighted by atomic mass is 10.3. The molecule has 0 atom stereocenters. The first-order chi connectivity index (χ1) is 7.45. The number of hydrogen-bond donors (Lipinski definition) is 2. The van der Waals surface area contributed by atoms with Crippen LogP contribution in [0.25, 0.3) is 0 Å². The van der Waals surface area contributed by atoms with Crippen LogP contribution in [0.3, 0.4) is 0 Å². The summed E-state index contributed by atoms with van der Waals surface area (Å²) in [6, 6.07) is 0. The fourth-order valence-corrected chi connectivity index (χ4v) is 1.20. The molecule has 0 spiro atoms. The zero-order valence-corrected chi connectivity index (χ0v) is 10.5. The monoisotopic (exact) mass is 221 g/mol. The van der Waals surface area contributed by atoms with Crippen LogP contribution in [0.2, 0.25) is 0 Å². The Hall–Kier alpha value is -1.64. The van der Waals surface area contributed by atoms with Crippen LogP contribution in [-0.4, -0.2) is 18.0 Å². The molecule has 0 aliphatic heterocycles. The maximum absolute atomic E-state index is 5.72. The molecule has 0 rings (SSSR count). The highest BCUT2D eigenvalue weighted by Crippen LogP contribution is 1.98. The number of rotatable bonds is 6. The van der Waals surface area contributed by atoms with E-state index in [-0.39, 0.29) is 0 Å². The number of allylic oxidation sites excluding steroid dienone is 4. The van der Waals surface area contributed by atoms with Gasteiger partial charge in [0.25, 0.3) is 0 Å². The van der Waals surface area contributed by atoms with Crippen LogP contribution in [-0.2, 0) is 0 Å². The largest absolute Gasteiger partial charge is 0.402 e. The van der Waals surface area contributed by atoms with Crippen molar-refractivity contribution < 1.29 is 0 Å². The number of likely N-dealkylation sites (N-methyl/N-ethyl adjacent to an activating group) is 1. The third kappa shape index (κ3) is 7.74. The summed E-state index contributed by atoms with van der Waals surface area (Å²) in [6.07, 6.45) is 7.49. The van der Waals surface area contributed by atoms with Crippen LogP contribution < -0.4 is 11.5 Å². The Morgan fingerprint density at radius 2 is 1.94 bits per heavy atom. The summed E-state index contributed by atoms with van der Waals surface area (Å²) in [6.45, 7) is 11.6. The first-order valence-corrected chi connectivity index (χ1v) is 5.41. The van der Waals surface area contributed by atoms with Gasteiger partial charge in [-0.05, 0) is 45.2 Å². The van der Waals surface area contributed by atoms with Gasteiger partial charge in [0.15, 0.2) is 0 Å². The minimum atomic E-state index is 0.655. The van der Waals surface area contributed by atoms with Crippen molar-refractivity contribution in [1.29, 1.82) is 0 Å². The fraction of sp³-hybridized carbons (Fsp3) is 0.385. The molecule has 0 aliphatic rings. The van der Waals surface area contributed by atoms with E-state index in [1.165, 1.54) is 0 Å². The van der Waals surface area contributed by atoms with Crippen molar-refractivity contribution in [3.63, 3.8) is 0 Å². The van der Waals surface area contributed by atoms with E-state index in [9.17, 15) is 0 Å². The highest BCUT2D eigenvalue weighted by molar-refractivity contribution is 5.22. The molecule has 3 heteroatoms. The predicted molar refractivity (Wildman–Crippen MR) is 71.4 cm³/mol. The highest BCUT2D eigenvalue weighted by Gasteiger charge is 1.93. The Labute approximate surface area is 98.8 Å². The summed E-state index contributed by atoms with van der Waals surface area (Å²) in [4.78, 5) is 2.16. The normalized spacial score (nSPS) is 13.2. The lowest BCUT2D eigenvalue weighted by Crippen LogP contribution is -2.18. The van der Waals surface area contributed by atoms with E-state index in [1.54, 1.807) is 6.08 Å². The molecule has 3 nitrogen and oxygen atoms in total. The minimum Gasteiger partial charge on any atom is -0.402 e. The summed E-state index contributed by atoms with van der Waals surface area (Å²) in [5.74, 6) is 0. The standard InChI is InChI=1S/C13H23N3/c1-5-16(10-11(2)3)8-6-7-13(15)9-12(4)14/h6-9H,2,5,10,14-15H2,1,3-4H3/b8-6+,12-9+,13-7+. The van der Waals surface area contributed by atoms with Gasteiger partial charge in [0, 0.05) is 24.5 Å². The van der Waals surface area contributed by atoms with Crippen molar-refractivity contribution in [3.8, 4) is 0 Å². The highest BCUT2D eigenvalue weighted by atomic mass is 15.1. The van der Waals surface area contributed by atoms with E-state index >= 15 is 0 Å². The van der Waals surface area contributed by atoms with Crippen molar-refractivity contribution in [2.24, 2.45) is 11.5 Å². The third-order valence-electron chi connectivity index (χ3n) is 1.86. The van der Waals surface area contributed by atoms with E-state index in [1.807, 2.05) is 32.2 Å². The van der Waals surface area contributed by atoms with E-state index < -0.39 is 0 Å². The van der Waals surface area contributed by atoms with E-state index in [0.717, 1.165) is 18.7 Å². The predicted octanol–water partition coefficient (Wildman–Crippen LogP) is 2.10. The molecule has 0 fully saturated rings. The Kier molecular flexibility index (Phi) is 6.84. The lowest BCUT2D eigenvalue weighted by Gasteiger charge is -2.17. The second-order valence-electron chi connectivity index (χ2n) is 3.92. The zero-order chi connectivity index (χ0) is 12.6. The summed E-state index contributed by atoms with van der Waals surface area (Å²) in [5, 5.41) is 0. The fourth-order valence-electron chi connectivity index (χ4n) is 1.20. The Balaban J connectivity index is 4.35. The van der Waals surface area contributed by atoms with E-state index in [4.69, 9.17) is 11.5 Å². The van der Waals surface area contributed by atoms with Gasteiger partial charge in [0.2, 0.25) is 0 Å². The van der Waals surface area contributed by atoms with Crippen LogP contribution in [0.15, 0.2) is 48.0 Å². The number of nitrogens with zero attached hydrogens (tertiary/aromatic N) is 1. The quantitative estimate of drug-likeness (QED) is 0.533. The molecule has 0 aromatic rings. The average Bonchev–Trinajstić information content (AvgIpc) is 2.14. The van der Waals surface area contributed by atoms with Crippen molar-refractivity contribution >= 4 is 0 Å². The Morgan fingerprint density at radius 3 is 2.38 bits per heavy atom. The van der Waals surface area contributed by atoms with E-state index in [2.05, 4.69) is 18.4 Å². The SMILES string of the molecule is C=C(C)CN(/C=C/C=C(N)\C=C(/C)N)CC. The molecule has 4 N–H and O–H groups in total. The summed E-state index contributed by atoms with van der Waals surface area (Å²) >= 11 is 0. The number of nitrogens with two attached hydrogens (primary N) is 2. The van der Waals surface area contributed by atoms with Crippen molar-refractivity contribution in [2.75, 3.05) is 13.1 Å². The molecule has 0 saturated heterocycles. The van der Waals surface area contributed by atoms with E-state index in [0.29, 0.717) is 11.4 Å². The van der Waals surface area contributed by atoms with Crippen molar-refractivity contribution in [1.82, 2.24) is 4.90 Å². The van der Waals surface area contributed by atoms with Crippen LogP contribution in [0.4, 0.5) is 0 Å². The van der Waals surface area contributed by atoms with Gasteiger partial charge < -0.3 is 16.4 Å². The zero-order valence-electron chi connectivity index (χ0n) is 10.5. The van der Waals surface area contributed by atoms with Crippen LogP contribution in [0.5, 0.6) is 0 Å². The molecule has 0 saturated carbocycles. The molecule has 0 heterocycles. The maximum atomic E-state index is 5.72. The first-order valence-electron chi connectivity index (χ1n) is 5.41. The second-order valence-corrected chi connectivity index (χ2v) is 3.92. The Morgan fingerprint density at radius 1 is 1.31 bits per heavy atom. The van der Waals surface area contributed by atoms with Crippen LogP contribution >= 0.6 is 0 Å². The van der Waals surface area contributed by atoms with Crippen molar-refractivity contribution in [3.05, 3.63) is 48.0 Å². The summed E-state index contributed by atoms with van der Waals surface area (Å²) in [5.41, 5.74) is 13.7. The van der Waals surface area contributed by atoms with Gasteiger partial charge in [0.05, 0.1) is 0 Å². The molecular formula is C13H23N3. The second kappa shape index (κ2) is 7.63. The molecule has 0 aromatic carbocycles. The molecular weight excluding hydrogens is 198 g/mol. The Bertz CT molecular complexity index is 307. The van der Waals surface area contributed by atoms with Gasteiger partial charge in [-0.25, -0.2) is 0 Å². The van der Waals surface area contributed by atoms with Gasteiger partial charge in [-0.2, -0.15) is 0 Å². The van der Waals surface area contributed by atoms with Crippen LogP contribution in [0.1, 0.15) is 20.8 Å². The minimum absolute atomic E-state index is 0.655. The first kappa shape index (κ1) is 14.4. The molecule has 16 heavy (non-hydrogen) atoms. The summed E-state index contributed by atoms with van der Waals surface area (Å²) < 4.78 is 0. The molecule has 0 amide bonds. The molecule has 0 aliphatic carbocycles. The van der Waals surface area contributed by atoms with Gasteiger partial charge in [-0.1, -0.05) is 12.2 Å². The lowest BCUT2D eigenvalue weighted by molar-refractivity contribution is 0.430. The van der Waals surface area contributed by atoms with Gasteiger partial charge in [-0.3, -0.25) is 0 Å². The third-order valence-corrected chi connectivity index (χ3v) is 1.86. The molecule has 0 radical (unpaired) electrons. The smallest absolute Gasteiger partial charge is 0.0378 e. The van der Waals surface area contributed by atoms with Gasteiger partial charge >= 0.3 is 0 Å². The van der Waals surface area contributed by atoms with Gasteiger partial charge in [0.1, 0.15) is 0 Å². The molecule has 0 aromatic heterocycles. The topological polar surface area (TPSA) is 55.3 Å².